The first kappa shape index (κ1) is 18.1. The van der Waals surface area contributed by atoms with E-state index < -0.39 is 14.9 Å². The predicted molar refractivity (Wildman–Crippen MR) is 96.8 cm³/mol. The molecule has 10 heteroatoms. The standard InChI is InChI=1S/C16H19N5O4S/c1-17-26(24,25)14-2-3-15(16(12-14)21(22)23)20-10-8-19(9-11-20)13-4-6-18-7-5-13/h2-7,12,17H,8-11H2,1H3/p+1. The summed E-state index contributed by atoms with van der Waals surface area (Å²) < 4.78 is 26.0. The average Bonchev–Trinajstić information content (AvgIpc) is 2.68. The molecule has 0 unspecified atom stereocenters. The molecule has 0 aliphatic carbocycles. The molecule has 9 nitrogen and oxygen atoms in total. The number of aromatic amines is 1. The van der Waals surface area contributed by atoms with Gasteiger partial charge in [-0.3, -0.25) is 10.1 Å². The summed E-state index contributed by atoms with van der Waals surface area (Å²) in [4.78, 5) is 17.9. The van der Waals surface area contributed by atoms with Crippen molar-refractivity contribution in [1.82, 2.24) is 4.72 Å². The summed E-state index contributed by atoms with van der Waals surface area (Å²) in [6.45, 7) is 2.66. The van der Waals surface area contributed by atoms with Crippen LogP contribution in [0.5, 0.6) is 0 Å². The normalized spacial score (nSPS) is 15.1. The lowest BCUT2D eigenvalue weighted by atomic mass is 10.2. The van der Waals surface area contributed by atoms with Crippen molar-refractivity contribution in [2.45, 2.75) is 4.90 Å². The molecule has 0 saturated carbocycles. The molecule has 26 heavy (non-hydrogen) atoms. The summed E-state index contributed by atoms with van der Waals surface area (Å²) in [6.07, 6.45) is 3.71. The Hall–Kier alpha value is -2.72. The lowest BCUT2D eigenvalue weighted by Crippen LogP contribution is -2.46. The highest BCUT2D eigenvalue weighted by Crippen LogP contribution is 2.31. The fraction of sp³-hybridized carbons (Fsp3) is 0.312. The number of anilines is 2. The molecule has 0 radical (unpaired) electrons. The molecular weight excluding hydrogens is 358 g/mol. The van der Waals surface area contributed by atoms with Crippen molar-refractivity contribution < 1.29 is 18.3 Å². The number of hydrogen-bond acceptors (Lipinski definition) is 6. The first-order chi connectivity index (χ1) is 12.4. The molecule has 138 valence electrons. The minimum absolute atomic E-state index is 0.116. The Labute approximate surface area is 151 Å². The molecule has 1 aliphatic heterocycles. The van der Waals surface area contributed by atoms with Crippen molar-refractivity contribution in [3.63, 3.8) is 0 Å². The Morgan fingerprint density at radius 3 is 2.27 bits per heavy atom. The first-order valence-corrected chi connectivity index (χ1v) is 9.59. The molecular formula is C16H20N5O4S+. The Bertz CT molecular complexity index is 896. The maximum atomic E-state index is 11.9. The molecule has 1 aliphatic rings. The number of pyridine rings is 1. The fourth-order valence-corrected chi connectivity index (χ4v) is 3.75. The number of sulfonamides is 1. The van der Waals surface area contributed by atoms with E-state index in [4.69, 9.17) is 0 Å². The lowest BCUT2D eigenvalue weighted by Gasteiger charge is -2.36. The van der Waals surface area contributed by atoms with Crippen molar-refractivity contribution in [2.24, 2.45) is 0 Å². The second-order valence-electron chi connectivity index (χ2n) is 5.85. The zero-order valence-electron chi connectivity index (χ0n) is 14.3. The van der Waals surface area contributed by atoms with Crippen molar-refractivity contribution in [3.8, 4) is 0 Å². The number of hydrogen-bond donors (Lipinski definition) is 1. The summed E-state index contributed by atoms with van der Waals surface area (Å²) in [7, 11) is -2.46. The Balaban J connectivity index is 1.83. The van der Waals surface area contributed by atoms with Crippen molar-refractivity contribution in [3.05, 3.63) is 52.8 Å². The first-order valence-electron chi connectivity index (χ1n) is 8.10. The SMILES string of the molecule is CNS(=O)(=O)c1ccc(N2CCN(c3cc[nH+]cc3)CC2)c([N+](=O)[O-])c1. The molecule has 2 heterocycles. The van der Waals surface area contributed by atoms with Gasteiger partial charge in [0, 0.05) is 50.1 Å². The van der Waals surface area contributed by atoms with Crippen LogP contribution in [0.2, 0.25) is 0 Å². The van der Waals surface area contributed by atoms with Gasteiger partial charge in [0.15, 0.2) is 12.4 Å². The number of piperazine rings is 1. The van der Waals surface area contributed by atoms with E-state index >= 15 is 0 Å². The number of nitrogens with one attached hydrogen (secondary N) is 2. The molecule has 0 atom stereocenters. The molecule has 0 bridgehead atoms. The monoisotopic (exact) mass is 378 g/mol. The minimum Gasteiger partial charge on any atom is -0.368 e. The third kappa shape index (κ3) is 3.60. The molecule has 0 amide bonds. The van der Waals surface area contributed by atoms with Gasteiger partial charge in [-0.15, -0.1) is 0 Å². The summed E-state index contributed by atoms with van der Waals surface area (Å²) in [6, 6.07) is 7.98. The van der Waals surface area contributed by atoms with Crippen molar-refractivity contribution in [1.29, 1.82) is 0 Å². The summed E-state index contributed by atoms with van der Waals surface area (Å²) in [5.74, 6) is 0. The van der Waals surface area contributed by atoms with E-state index in [1.165, 1.54) is 19.2 Å². The van der Waals surface area contributed by atoms with Crippen LogP contribution in [-0.4, -0.2) is 46.6 Å². The van der Waals surface area contributed by atoms with E-state index in [-0.39, 0.29) is 10.6 Å². The molecule has 0 spiro atoms. The smallest absolute Gasteiger partial charge is 0.293 e. The van der Waals surface area contributed by atoms with Gasteiger partial charge in [-0.25, -0.2) is 18.1 Å². The van der Waals surface area contributed by atoms with Crippen LogP contribution in [0.4, 0.5) is 17.1 Å². The van der Waals surface area contributed by atoms with Gasteiger partial charge in [0.25, 0.3) is 5.69 Å². The number of rotatable bonds is 5. The summed E-state index contributed by atoms with van der Waals surface area (Å²) in [5, 5.41) is 11.5. The van der Waals surface area contributed by atoms with Crippen molar-refractivity contribution >= 4 is 27.1 Å². The van der Waals surface area contributed by atoms with Crippen LogP contribution in [0, 0.1) is 10.1 Å². The van der Waals surface area contributed by atoms with E-state index in [9.17, 15) is 18.5 Å². The highest BCUT2D eigenvalue weighted by Gasteiger charge is 2.26. The lowest BCUT2D eigenvalue weighted by molar-refractivity contribution is -0.384. The van der Waals surface area contributed by atoms with Crippen LogP contribution in [0.1, 0.15) is 0 Å². The Morgan fingerprint density at radius 2 is 1.69 bits per heavy atom. The van der Waals surface area contributed by atoms with Gasteiger partial charge >= 0.3 is 0 Å². The van der Waals surface area contributed by atoms with Crippen LogP contribution in [-0.2, 0) is 10.0 Å². The molecule has 2 aromatic rings. The van der Waals surface area contributed by atoms with Gasteiger partial charge in [-0.05, 0) is 19.2 Å². The third-order valence-electron chi connectivity index (χ3n) is 4.41. The number of benzene rings is 1. The quantitative estimate of drug-likeness (QED) is 0.604. The fourth-order valence-electron chi connectivity index (χ4n) is 3.00. The van der Waals surface area contributed by atoms with Crippen molar-refractivity contribution in [2.75, 3.05) is 43.0 Å². The molecule has 3 rings (SSSR count). The largest absolute Gasteiger partial charge is 0.368 e. The number of aromatic nitrogens is 1. The molecule has 1 fully saturated rings. The van der Waals surface area contributed by atoms with Crippen LogP contribution >= 0.6 is 0 Å². The van der Waals surface area contributed by atoms with Gasteiger partial charge in [-0.1, -0.05) is 0 Å². The zero-order valence-corrected chi connectivity index (χ0v) is 15.1. The Kier molecular flexibility index (Phi) is 5.05. The second kappa shape index (κ2) is 7.26. The number of H-pyrrole nitrogens is 1. The van der Waals surface area contributed by atoms with E-state index in [0.717, 1.165) is 24.8 Å². The van der Waals surface area contributed by atoms with Gasteiger partial charge < -0.3 is 9.80 Å². The van der Waals surface area contributed by atoms with Crippen LogP contribution in [0.3, 0.4) is 0 Å². The molecule has 2 N–H and O–H groups in total. The third-order valence-corrected chi connectivity index (χ3v) is 5.82. The maximum absolute atomic E-state index is 11.9. The van der Waals surface area contributed by atoms with Crippen LogP contribution in [0.25, 0.3) is 0 Å². The predicted octanol–water partition coefficient (Wildman–Crippen LogP) is 0.644. The molecule has 1 aromatic heterocycles. The topological polar surface area (TPSA) is 110 Å². The molecule has 1 aromatic carbocycles. The number of nitrogens with zero attached hydrogens (tertiary/aromatic N) is 3. The molecule has 1 saturated heterocycles. The number of nitro benzene ring substituents is 1. The zero-order chi connectivity index (χ0) is 18.7. The van der Waals surface area contributed by atoms with E-state index in [2.05, 4.69) is 14.6 Å². The van der Waals surface area contributed by atoms with Gasteiger partial charge in [-0.2, -0.15) is 0 Å². The number of nitro groups is 1. The highest BCUT2D eigenvalue weighted by molar-refractivity contribution is 7.89. The summed E-state index contributed by atoms with van der Waals surface area (Å²) >= 11 is 0. The minimum atomic E-state index is -3.73. The van der Waals surface area contributed by atoms with Crippen LogP contribution < -0.4 is 19.5 Å². The van der Waals surface area contributed by atoms with E-state index in [0.29, 0.717) is 18.8 Å². The summed E-state index contributed by atoms with van der Waals surface area (Å²) in [5.41, 5.74) is 1.32. The van der Waals surface area contributed by atoms with Gasteiger partial charge in [0.05, 0.1) is 9.82 Å². The van der Waals surface area contributed by atoms with Gasteiger partial charge in [0.2, 0.25) is 10.0 Å². The maximum Gasteiger partial charge on any atom is 0.293 e. The van der Waals surface area contributed by atoms with Crippen LogP contribution in [0.15, 0.2) is 47.6 Å². The second-order valence-corrected chi connectivity index (χ2v) is 7.73. The van der Waals surface area contributed by atoms with E-state index in [1.54, 1.807) is 0 Å². The Morgan fingerprint density at radius 1 is 1.08 bits per heavy atom. The van der Waals surface area contributed by atoms with E-state index in [1.807, 2.05) is 29.4 Å². The average molecular weight is 378 g/mol. The van der Waals surface area contributed by atoms with Gasteiger partial charge in [0.1, 0.15) is 5.69 Å². The highest BCUT2D eigenvalue weighted by atomic mass is 32.2.